The van der Waals surface area contributed by atoms with Crippen molar-refractivity contribution >= 4 is 17.3 Å². The summed E-state index contributed by atoms with van der Waals surface area (Å²) in [6.07, 6.45) is 0.133. The number of unbranched alkanes of at least 4 members (excludes halogenated alkanes) is 1. The van der Waals surface area contributed by atoms with Gasteiger partial charge in [0.2, 0.25) is 5.91 Å². The molecule has 0 fully saturated rings. The molecule has 4 nitrogen and oxygen atoms in total. The second kappa shape index (κ2) is 9.22. The molecule has 2 atom stereocenters. The first-order chi connectivity index (χ1) is 10.3. The van der Waals surface area contributed by atoms with Crippen LogP contribution in [0.1, 0.15) is 39.5 Å². The number of alkyl halides is 1. The highest BCUT2D eigenvalue weighted by molar-refractivity contribution is 7.90. The summed E-state index contributed by atoms with van der Waals surface area (Å²) in [6, 6.07) is 0. The Bertz CT molecular complexity index is 455. The van der Waals surface area contributed by atoms with Crippen LogP contribution >= 0.6 is 0 Å². The quantitative estimate of drug-likeness (QED) is 0.528. The minimum atomic E-state index is -1.98. The van der Waals surface area contributed by atoms with Crippen LogP contribution < -0.4 is 10.0 Å². The number of rotatable bonds is 8. The average Bonchev–Trinajstić information content (AvgIpc) is 2.47. The molecule has 0 heterocycles. The fourth-order valence-electron chi connectivity index (χ4n) is 1.75. The van der Waals surface area contributed by atoms with Crippen LogP contribution in [0, 0.1) is 0 Å². The van der Waals surface area contributed by atoms with E-state index >= 15 is 0 Å². The topological polar surface area (TPSA) is 64.2 Å². The van der Waals surface area contributed by atoms with Crippen LogP contribution in [-0.4, -0.2) is 28.4 Å². The van der Waals surface area contributed by atoms with E-state index in [1.807, 2.05) is 13.8 Å². The van der Waals surface area contributed by atoms with E-state index in [1.165, 1.54) is 0 Å². The predicted molar refractivity (Wildman–Crippen MR) is 80.1 cm³/mol. The van der Waals surface area contributed by atoms with E-state index in [9.17, 15) is 22.5 Å². The van der Waals surface area contributed by atoms with Crippen LogP contribution in [0.3, 0.4) is 0 Å². The van der Waals surface area contributed by atoms with Crippen molar-refractivity contribution in [2.45, 2.75) is 51.0 Å². The molecule has 0 aliphatic heterocycles. The lowest BCUT2D eigenvalue weighted by Gasteiger charge is -2.16. The molecule has 1 amide bonds. The number of carbonyl (C=O) groups is 1. The minimum Gasteiger partial charge on any atom is -0.598 e. The predicted octanol–water partition coefficient (Wildman–Crippen LogP) is 2.71. The van der Waals surface area contributed by atoms with Crippen molar-refractivity contribution in [1.82, 2.24) is 10.0 Å². The molecule has 0 bridgehead atoms. The third-order valence-electron chi connectivity index (χ3n) is 3.03. The number of hydrogen-bond acceptors (Lipinski definition) is 3. The number of hydrogen-bond donors (Lipinski definition) is 2. The first-order valence-electron chi connectivity index (χ1n) is 7.16. The number of amides is 1. The maximum atomic E-state index is 13.4. The molecule has 126 valence electrons. The molecule has 2 unspecified atom stereocenters. The highest BCUT2D eigenvalue weighted by atomic mass is 32.2. The standard InChI is InChI=1S/C14H21F3N2O2S/c1-9(2)22(21)18-8-4-3-5-12(20)19-11-7-6-10(15)13(16)14(11)17/h7,9-10,18H,3-6,8H2,1-2H3,(H,19,20). The lowest BCUT2D eigenvalue weighted by atomic mass is 10.1. The van der Waals surface area contributed by atoms with Crippen molar-refractivity contribution in [2.75, 3.05) is 6.54 Å². The van der Waals surface area contributed by atoms with Gasteiger partial charge in [0, 0.05) is 30.7 Å². The Kier molecular flexibility index (Phi) is 7.98. The summed E-state index contributed by atoms with van der Waals surface area (Å²) in [5, 5.41) is 2.26. The van der Waals surface area contributed by atoms with Gasteiger partial charge in [-0.05, 0) is 26.7 Å². The molecule has 0 aromatic heterocycles. The van der Waals surface area contributed by atoms with Crippen LogP contribution in [0.25, 0.3) is 0 Å². The van der Waals surface area contributed by atoms with Crippen molar-refractivity contribution in [3.8, 4) is 0 Å². The zero-order chi connectivity index (χ0) is 16.7. The Labute approximate surface area is 131 Å². The third-order valence-corrected chi connectivity index (χ3v) is 4.37. The van der Waals surface area contributed by atoms with E-state index in [0.29, 0.717) is 19.4 Å². The highest BCUT2D eigenvalue weighted by Crippen LogP contribution is 2.28. The molecule has 0 saturated carbocycles. The molecule has 2 N–H and O–H groups in total. The van der Waals surface area contributed by atoms with Gasteiger partial charge in [-0.2, -0.15) is 0 Å². The lowest BCUT2D eigenvalue weighted by molar-refractivity contribution is -0.120. The molecule has 22 heavy (non-hydrogen) atoms. The smallest absolute Gasteiger partial charge is 0.224 e. The van der Waals surface area contributed by atoms with Gasteiger partial charge in [0.15, 0.2) is 17.8 Å². The van der Waals surface area contributed by atoms with E-state index in [1.54, 1.807) is 0 Å². The van der Waals surface area contributed by atoms with Gasteiger partial charge in [0.1, 0.15) is 5.25 Å². The van der Waals surface area contributed by atoms with Crippen LogP contribution in [0.5, 0.6) is 0 Å². The van der Waals surface area contributed by atoms with Gasteiger partial charge in [-0.3, -0.25) is 4.79 Å². The van der Waals surface area contributed by atoms with Gasteiger partial charge in [-0.25, -0.2) is 13.2 Å². The maximum Gasteiger partial charge on any atom is 0.224 e. The van der Waals surface area contributed by atoms with Crippen molar-refractivity contribution in [1.29, 1.82) is 0 Å². The average molecular weight is 338 g/mol. The number of carbonyl (C=O) groups excluding carboxylic acids is 1. The van der Waals surface area contributed by atoms with Crippen molar-refractivity contribution in [3.63, 3.8) is 0 Å². The van der Waals surface area contributed by atoms with E-state index in [4.69, 9.17) is 0 Å². The number of halogens is 3. The van der Waals surface area contributed by atoms with Gasteiger partial charge >= 0.3 is 0 Å². The van der Waals surface area contributed by atoms with Crippen LogP contribution in [-0.2, 0) is 16.2 Å². The van der Waals surface area contributed by atoms with E-state index in [2.05, 4.69) is 10.0 Å². The van der Waals surface area contributed by atoms with Crippen LogP contribution in [0.4, 0.5) is 13.2 Å². The van der Waals surface area contributed by atoms with Crippen molar-refractivity contribution < 1.29 is 22.5 Å². The van der Waals surface area contributed by atoms with Gasteiger partial charge in [0.25, 0.3) is 0 Å². The Morgan fingerprint density at radius 1 is 1.45 bits per heavy atom. The van der Waals surface area contributed by atoms with Crippen LogP contribution in [0.15, 0.2) is 23.4 Å². The molecule has 1 aliphatic rings. The van der Waals surface area contributed by atoms with Gasteiger partial charge in [0.05, 0.1) is 5.70 Å². The molecular formula is C14H21F3N2O2S. The molecular weight excluding hydrogens is 317 g/mol. The number of allylic oxidation sites excluding steroid dienone is 3. The zero-order valence-electron chi connectivity index (χ0n) is 12.6. The highest BCUT2D eigenvalue weighted by Gasteiger charge is 2.25. The summed E-state index contributed by atoms with van der Waals surface area (Å²) in [5.74, 6) is -3.28. The Hall–Kier alpha value is -0.990. The SMILES string of the molecule is CC(C)[S+]([O-])NCCCCC(=O)NC1=CCC(F)C(F)=C1F. The lowest BCUT2D eigenvalue weighted by Crippen LogP contribution is -2.31. The number of nitrogens with one attached hydrogen (secondary N) is 2. The first kappa shape index (κ1) is 19.1. The summed E-state index contributed by atoms with van der Waals surface area (Å²) < 4.78 is 53.6. The normalized spacial score (nSPS) is 20.1. The monoisotopic (exact) mass is 338 g/mol. The van der Waals surface area contributed by atoms with Gasteiger partial charge in [-0.1, -0.05) is 6.08 Å². The molecule has 0 saturated heterocycles. The van der Waals surface area contributed by atoms with E-state index in [-0.39, 0.29) is 23.8 Å². The summed E-state index contributed by atoms with van der Waals surface area (Å²) in [6.45, 7) is 4.17. The second-order valence-corrected chi connectivity index (χ2v) is 7.06. The Morgan fingerprint density at radius 2 is 2.14 bits per heavy atom. The zero-order valence-corrected chi connectivity index (χ0v) is 13.4. The van der Waals surface area contributed by atoms with Gasteiger partial charge in [-0.15, -0.1) is 4.72 Å². The van der Waals surface area contributed by atoms with Crippen LogP contribution in [0.2, 0.25) is 0 Å². The van der Waals surface area contributed by atoms with E-state index < -0.39 is 35.1 Å². The molecule has 0 radical (unpaired) electrons. The molecule has 1 rings (SSSR count). The Morgan fingerprint density at radius 3 is 2.77 bits per heavy atom. The fraction of sp³-hybridized carbons (Fsp3) is 0.643. The summed E-state index contributed by atoms with van der Waals surface area (Å²) in [4.78, 5) is 11.6. The first-order valence-corrected chi connectivity index (χ1v) is 8.38. The minimum absolute atomic E-state index is 0.0190. The second-order valence-electron chi connectivity index (χ2n) is 5.23. The molecule has 0 aromatic carbocycles. The van der Waals surface area contributed by atoms with E-state index in [0.717, 1.165) is 6.08 Å². The summed E-state index contributed by atoms with van der Waals surface area (Å²) >= 11 is -1.10. The van der Waals surface area contributed by atoms with Gasteiger partial charge < -0.3 is 9.87 Å². The largest absolute Gasteiger partial charge is 0.598 e. The maximum absolute atomic E-state index is 13.4. The molecule has 1 aliphatic carbocycles. The molecule has 0 spiro atoms. The molecule has 8 heteroatoms. The summed E-state index contributed by atoms with van der Waals surface area (Å²) in [5.41, 5.74) is -0.310. The molecule has 0 aromatic rings. The summed E-state index contributed by atoms with van der Waals surface area (Å²) in [7, 11) is 0. The fourth-order valence-corrected chi connectivity index (χ4v) is 2.43. The third kappa shape index (κ3) is 6.02. The van der Waals surface area contributed by atoms with Crippen molar-refractivity contribution in [3.05, 3.63) is 23.4 Å². The van der Waals surface area contributed by atoms with Crippen molar-refractivity contribution in [2.24, 2.45) is 0 Å². The Balaban J connectivity index is 2.25.